The van der Waals surface area contributed by atoms with Gasteiger partial charge in [0.2, 0.25) is 0 Å². The predicted octanol–water partition coefficient (Wildman–Crippen LogP) is 5.33. The number of hydrogen-bond acceptors (Lipinski definition) is 0. The van der Waals surface area contributed by atoms with Crippen molar-refractivity contribution in [1.82, 2.24) is 0 Å². The van der Waals surface area contributed by atoms with E-state index in [0.717, 1.165) is 6.42 Å². The van der Waals surface area contributed by atoms with Crippen molar-refractivity contribution in [3.05, 3.63) is 0 Å². The number of halogens is 6. The Balaban J connectivity index is 4.62. The highest BCUT2D eigenvalue weighted by Crippen LogP contribution is 2.43. The van der Waals surface area contributed by atoms with Gasteiger partial charge in [0.25, 0.3) is 0 Å². The molecule has 1 unspecified atom stereocenters. The first-order valence-corrected chi connectivity index (χ1v) is 5.76. The van der Waals surface area contributed by atoms with Crippen LogP contribution in [0.4, 0.5) is 26.3 Å². The van der Waals surface area contributed by atoms with Crippen LogP contribution in [0.3, 0.4) is 0 Å². The fourth-order valence-electron chi connectivity index (χ4n) is 1.77. The van der Waals surface area contributed by atoms with Gasteiger partial charge >= 0.3 is 12.4 Å². The molecule has 0 aromatic rings. The highest BCUT2D eigenvalue weighted by atomic mass is 19.4. The normalized spacial score (nSPS) is 15.4. The van der Waals surface area contributed by atoms with Crippen molar-refractivity contribution in [2.45, 2.75) is 58.3 Å². The van der Waals surface area contributed by atoms with Crippen LogP contribution in [-0.4, -0.2) is 12.4 Å². The highest BCUT2D eigenvalue weighted by molar-refractivity contribution is 4.78. The van der Waals surface area contributed by atoms with Crippen LogP contribution in [0.15, 0.2) is 0 Å². The van der Waals surface area contributed by atoms with E-state index in [1.54, 1.807) is 6.92 Å². The maximum Gasteiger partial charge on any atom is 0.400 e. The molecule has 0 radical (unpaired) electrons. The van der Waals surface area contributed by atoms with E-state index in [2.05, 4.69) is 0 Å². The lowest BCUT2D eigenvalue weighted by atomic mass is 9.88. The molecule has 0 saturated carbocycles. The number of unbranched alkanes of at least 4 members (excludes halogenated alkanes) is 1. The third-order valence-electron chi connectivity index (χ3n) is 2.90. The maximum absolute atomic E-state index is 12.3. The lowest BCUT2D eigenvalue weighted by Gasteiger charge is -2.26. The third kappa shape index (κ3) is 6.17. The van der Waals surface area contributed by atoms with E-state index >= 15 is 0 Å². The van der Waals surface area contributed by atoms with Gasteiger partial charge in [-0.25, -0.2) is 0 Å². The summed E-state index contributed by atoms with van der Waals surface area (Å²) >= 11 is 0. The first kappa shape index (κ1) is 16.6. The highest BCUT2D eigenvalue weighted by Gasteiger charge is 2.56. The minimum absolute atomic E-state index is 0.350. The van der Waals surface area contributed by atoms with Crippen LogP contribution in [0.25, 0.3) is 0 Å². The summed E-state index contributed by atoms with van der Waals surface area (Å²) in [6.07, 6.45) is -9.02. The summed E-state index contributed by atoms with van der Waals surface area (Å²) in [5, 5.41) is 0. The van der Waals surface area contributed by atoms with Crippen LogP contribution in [0, 0.1) is 11.8 Å². The van der Waals surface area contributed by atoms with Crippen molar-refractivity contribution in [1.29, 1.82) is 0 Å². The molecule has 0 N–H and O–H groups in total. The zero-order valence-corrected chi connectivity index (χ0v) is 9.96. The average Bonchev–Trinajstić information content (AvgIpc) is 2.14. The van der Waals surface area contributed by atoms with Crippen LogP contribution in [0.5, 0.6) is 0 Å². The molecule has 6 heteroatoms. The van der Waals surface area contributed by atoms with E-state index < -0.39 is 30.6 Å². The smallest absolute Gasteiger partial charge is 0.170 e. The standard InChI is InChI=1S/C11H18F6/c1-3-5-6-8(4-2)7-9(10(12,13)14)11(15,16)17/h8-9H,3-7H2,1-2H3. The molecule has 0 bridgehead atoms. The molecule has 1 atom stereocenters. The molecule has 0 aliphatic carbocycles. The molecule has 0 nitrogen and oxygen atoms in total. The molecule has 0 saturated heterocycles. The summed E-state index contributed by atoms with van der Waals surface area (Å²) in [7, 11) is 0. The van der Waals surface area contributed by atoms with Crippen LogP contribution < -0.4 is 0 Å². The van der Waals surface area contributed by atoms with Gasteiger partial charge < -0.3 is 0 Å². The van der Waals surface area contributed by atoms with Crippen molar-refractivity contribution in [3.63, 3.8) is 0 Å². The van der Waals surface area contributed by atoms with Crippen LogP contribution in [-0.2, 0) is 0 Å². The first-order valence-electron chi connectivity index (χ1n) is 5.76. The van der Waals surface area contributed by atoms with Gasteiger partial charge in [-0.1, -0.05) is 39.5 Å². The SMILES string of the molecule is CCCCC(CC)CC(C(F)(F)F)C(F)(F)F. The summed E-state index contributed by atoms with van der Waals surface area (Å²) in [6.45, 7) is 3.49. The molecule has 0 aliphatic rings. The fourth-order valence-corrected chi connectivity index (χ4v) is 1.77. The second-order valence-electron chi connectivity index (χ2n) is 4.29. The Hall–Kier alpha value is -0.420. The molecule has 0 heterocycles. The summed E-state index contributed by atoms with van der Waals surface area (Å²) in [5.74, 6) is -3.69. The minimum atomic E-state index is -5.20. The molecule has 0 amide bonds. The number of rotatable bonds is 6. The quantitative estimate of drug-likeness (QED) is 0.568. The van der Waals surface area contributed by atoms with E-state index in [-0.39, 0.29) is 0 Å². The minimum Gasteiger partial charge on any atom is -0.170 e. The average molecular weight is 264 g/mol. The van der Waals surface area contributed by atoms with Crippen LogP contribution in [0.2, 0.25) is 0 Å². The predicted molar refractivity (Wildman–Crippen MR) is 53.5 cm³/mol. The zero-order chi connectivity index (χ0) is 13.7. The van der Waals surface area contributed by atoms with Crippen molar-refractivity contribution >= 4 is 0 Å². The first-order chi connectivity index (χ1) is 7.62. The summed E-state index contributed by atoms with van der Waals surface area (Å²) < 4.78 is 73.9. The van der Waals surface area contributed by atoms with Crippen molar-refractivity contribution in [2.24, 2.45) is 11.8 Å². The van der Waals surface area contributed by atoms with Crippen LogP contribution in [0.1, 0.15) is 46.0 Å². The van der Waals surface area contributed by atoms with E-state index in [4.69, 9.17) is 0 Å². The van der Waals surface area contributed by atoms with E-state index in [0.29, 0.717) is 19.3 Å². The van der Waals surface area contributed by atoms with Gasteiger partial charge in [-0.05, 0) is 12.3 Å². The van der Waals surface area contributed by atoms with Gasteiger partial charge in [0.05, 0.1) is 0 Å². The summed E-state index contributed by atoms with van der Waals surface area (Å²) in [4.78, 5) is 0. The second-order valence-corrected chi connectivity index (χ2v) is 4.29. The molecule has 0 spiro atoms. The van der Waals surface area contributed by atoms with Crippen LogP contribution >= 0.6 is 0 Å². The van der Waals surface area contributed by atoms with Gasteiger partial charge in [-0.3, -0.25) is 0 Å². The largest absolute Gasteiger partial charge is 0.400 e. The Morgan fingerprint density at radius 1 is 0.882 bits per heavy atom. The Kier molecular flexibility index (Phi) is 6.34. The molecule has 17 heavy (non-hydrogen) atoms. The molecule has 0 fully saturated rings. The summed E-state index contributed by atoms with van der Waals surface area (Å²) in [5.41, 5.74) is 0. The molecule has 0 aromatic heterocycles. The lowest BCUT2D eigenvalue weighted by Crippen LogP contribution is -2.37. The van der Waals surface area contributed by atoms with E-state index in [1.165, 1.54) is 0 Å². The van der Waals surface area contributed by atoms with E-state index in [1.807, 2.05) is 6.92 Å². The number of hydrogen-bond donors (Lipinski definition) is 0. The van der Waals surface area contributed by atoms with Crippen molar-refractivity contribution in [3.8, 4) is 0 Å². The monoisotopic (exact) mass is 264 g/mol. The van der Waals surface area contributed by atoms with Gasteiger partial charge in [0.1, 0.15) is 0 Å². The summed E-state index contributed by atoms with van der Waals surface area (Å²) in [6, 6.07) is 0. The molecule has 0 aliphatic heterocycles. The van der Waals surface area contributed by atoms with Gasteiger partial charge in [0.15, 0.2) is 5.92 Å². The topological polar surface area (TPSA) is 0 Å². The molecule has 0 aromatic carbocycles. The van der Waals surface area contributed by atoms with Crippen molar-refractivity contribution in [2.75, 3.05) is 0 Å². The van der Waals surface area contributed by atoms with Gasteiger partial charge in [-0.15, -0.1) is 0 Å². The maximum atomic E-state index is 12.3. The van der Waals surface area contributed by atoms with Crippen molar-refractivity contribution < 1.29 is 26.3 Å². The zero-order valence-electron chi connectivity index (χ0n) is 9.96. The van der Waals surface area contributed by atoms with Gasteiger partial charge in [-0.2, -0.15) is 26.3 Å². The van der Waals surface area contributed by atoms with E-state index in [9.17, 15) is 26.3 Å². The molecular formula is C11H18F6. The molecular weight excluding hydrogens is 246 g/mol. The molecule has 0 rings (SSSR count). The second kappa shape index (κ2) is 6.50. The Morgan fingerprint density at radius 2 is 1.35 bits per heavy atom. The molecule has 104 valence electrons. The third-order valence-corrected chi connectivity index (χ3v) is 2.90. The van der Waals surface area contributed by atoms with Gasteiger partial charge in [0, 0.05) is 0 Å². The lowest BCUT2D eigenvalue weighted by molar-refractivity contribution is -0.288. The Labute approximate surface area is 97.4 Å². The Morgan fingerprint density at radius 3 is 1.65 bits per heavy atom. The number of alkyl halides is 6. The fraction of sp³-hybridized carbons (Fsp3) is 1.00. The Bertz CT molecular complexity index is 191.